The fraction of sp³-hybridized carbons (Fsp3) is 0.500. The maximum absolute atomic E-state index is 10.1. The highest BCUT2D eigenvalue weighted by atomic mass is 16.1. The zero-order valence-electron chi connectivity index (χ0n) is 10.8. The molecule has 0 atom stereocenters. The zero-order valence-corrected chi connectivity index (χ0v) is 10.8. The van der Waals surface area contributed by atoms with Crippen LogP contribution < -0.4 is 0 Å². The van der Waals surface area contributed by atoms with Gasteiger partial charge < -0.3 is 9.80 Å². The van der Waals surface area contributed by atoms with Gasteiger partial charge in [-0.1, -0.05) is 12.1 Å². The summed E-state index contributed by atoms with van der Waals surface area (Å²) in [5.74, 6) is 0. The average Bonchev–Trinajstić information content (AvgIpc) is 2.40. The van der Waals surface area contributed by atoms with Crippen molar-refractivity contribution in [2.24, 2.45) is 4.99 Å². The van der Waals surface area contributed by atoms with E-state index in [-0.39, 0.29) is 0 Å². The second kappa shape index (κ2) is 6.45. The van der Waals surface area contributed by atoms with Gasteiger partial charge in [0.1, 0.15) is 0 Å². The van der Waals surface area contributed by atoms with Crippen LogP contribution in [0.5, 0.6) is 0 Å². The number of nitrogens with zero attached hydrogens (tertiary/aromatic N) is 3. The molecule has 0 spiro atoms. The monoisotopic (exact) mass is 245 g/mol. The number of hydrogen-bond donors (Lipinski definition) is 0. The van der Waals surface area contributed by atoms with Crippen LogP contribution in [0.1, 0.15) is 5.56 Å². The Hall–Kier alpha value is -1.48. The zero-order chi connectivity index (χ0) is 12.8. The lowest BCUT2D eigenvalue weighted by Crippen LogP contribution is -2.45. The second-order valence-electron chi connectivity index (χ2n) is 4.76. The molecule has 1 fully saturated rings. The van der Waals surface area contributed by atoms with Gasteiger partial charge in [0.2, 0.25) is 6.08 Å². The number of aliphatic imine (C=N–C) groups is 1. The van der Waals surface area contributed by atoms with Gasteiger partial charge in [-0.3, -0.25) is 0 Å². The van der Waals surface area contributed by atoms with Gasteiger partial charge in [0.15, 0.2) is 0 Å². The molecule has 4 nitrogen and oxygen atoms in total. The van der Waals surface area contributed by atoms with Crippen molar-refractivity contribution in [2.75, 3.05) is 39.8 Å². The molecule has 1 aromatic rings. The van der Waals surface area contributed by atoms with E-state index in [2.05, 4.69) is 21.8 Å². The molecule has 1 aromatic carbocycles. The summed E-state index contributed by atoms with van der Waals surface area (Å²) in [6.45, 7) is 5.73. The van der Waals surface area contributed by atoms with Gasteiger partial charge >= 0.3 is 0 Å². The quantitative estimate of drug-likeness (QED) is 0.595. The first-order valence-corrected chi connectivity index (χ1v) is 6.35. The Bertz CT molecular complexity index is 415. The Labute approximate surface area is 108 Å². The standard InChI is InChI=1S/C14H19N3O/c1-16-8-10-17(11-9-16)7-6-13-2-4-14(5-3-13)15-12-18/h2-5H,6-11H2,1H3. The lowest BCUT2D eigenvalue weighted by Gasteiger charge is -2.32. The minimum Gasteiger partial charge on any atom is -0.304 e. The van der Waals surface area contributed by atoms with E-state index in [1.54, 1.807) is 6.08 Å². The summed E-state index contributed by atoms with van der Waals surface area (Å²) >= 11 is 0. The summed E-state index contributed by atoms with van der Waals surface area (Å²) in [5.41, 5.74) is 1.96. The highest BCUT2D eigenvalue weighted by molar-refractivity contribution is 5.49. The Kier molecular flexibility index (Phi) is 4.65. The summed E-state index contributed by atoms with van der Waals surface area (Å²) in [6, 6.07) is 7.80. The molecule has 4 heteroatoms. The van der Waals surface area contributed by atoms with Crippen LogP contribution in [0.3, 0.4) is 0 Å². The molecule has 1 saturated heterocycles. The topological polar surface area (TPSA) is 35.9 Å². The van der Waals surface area contributed by atoms with E-state index >= 15 is 0 Å². The third kappa shape index (κ3) is 3.77. The molecule has 0 amide bonds. The van der Waals surface area contributed by atoms with E-state index in [0.717, 1.165) is 39.1 Å². The molecular weight excluding hydrogens is 226 g/mol. The van der Waals surface area contributed by atoms with Crippen molar-refractivity contribution < 1.29 is 4.79 Å². The molecule has 0 aliphatic carbocycles. The van der Waals surface area contributed by atoms with Gasteiger partial charge in [-0.05, 0) is 31.2 Å². The van der Waals surface area contributed by atoms with E-state index in [4.69, 9.17) is 0 Å². The van der Waals surface area contributed by atoms with Crippen LogP contribution in [-0.2, 0) is 11.2 Å². The molecule has 1 heterocycles. The smallest absolute Gasteiger partial charge is 0.240 e. The van der Waals surface area contributed by atoms with Gasteiger partial charge in [0, 0.05) is 32.7 Å². The molecule has 0 saturated carbocycles. The Morgan fingerprint density at radius 2 is 1.83 bits per heavy atom. The summed E-state index contributed by atoms with van der Waals surface area (Å²) in [6.07, 6.45) is 2.60. The third-order valence-electron chi connectivity index (χ3n) is 3.42. The average molecular weight is 245 g/mol. The second-order valence-corrected chi connectivity index (χ2v) is 4.76. The number of rotatable bonds is 4. The molecule has 0 N–H and O–H groups in total. The summed E-state index contributed by atoms with van der Waals surface area (Å²) in [7, 11) is 2.17. The Morgan fingerprint density at radius 1 is 1.17 bits per heavy atom. The molecule has 1 aliphatic heterocycles. The van der Waals surface area contributed by atoms with Gasteiger partial charge in [-0.2, -0.15) is 4.99 Å². The number of benzene rings is 1. The van der Waals surface area contributed by atoms with Gasteiger partial charge in [-0.15, -0.1) is 0 Å². The fourth-order valence-corrected chi connectivity index (χ4v) is 2.15. The molecule has 2 rings (SSSR count). The van der Waals surface area contributed by atoms with Crippen molar-refractivity contribution in [1.29, 1.82) is 0 Å². The molecule has 0 aromatic heterocycles. The van der Waals surface area contributed by atoms with E-state index < -0.39 is 0 Å². The minimum absolute atomic E-state index is 0.674. The maximum Gasteiger partial charge on any atom is 0.240 e. The largest absolute Gasteiger partial charge is 0.304 e. The first-order valence-electron chi connectivity index (χ1n) is 6.35. The number of isocyanates is 1. The number of hydrogen-bond acceptors (Lipinski definition) is 4. The number of likely N-dealkylation sites (N-methyl/N-ethyl adjacent to an activating group) is 1. The van der Waals surface area contributed by atoms with Crippen molar-refractivity contribution >= 4 is 11.8 Å². The van der Waals surface area contributed by atoms with Crippen LogP contribution in [0.25, 0.3) is 0 Å². The van der Waals surface area contributed by atoms with Crippen LogP contribution in [0.4, 0.5) is 5.69 Å². The summed E-state index contributed by atoms with van der Waals surface area (Å²) < 4.78 is 0. The van der Waals surface area contributed by atoms with Gasteiger partial charge in [0.05, 0.1) is 5.69 Å². The predicted octanol–water partition coefficient (Wildman–Crippen LogP) is 1.44. The van der Waals surface area contributed by atoms with Gasteiger partial charge in [0.25, 0.3) is 0 Å². The normalized spacial score (nSPS) is 17.4. The molecule has 18 heavy (non-hydrogen) atoms. The SMILES string of the molecule is CN1CCN(CCc2ccc(N=C=O)cc2)CC1. The van der Waals surface area contributed by atoms with Crippen LogP contribution in [0.2, 0.25) is 0 Å². The summed E-state index contributed by atoms with van der Waals surface area (Å²) in [5, 5.41) is 0. The fourth-order valence-electron chi connectivity index (χ4n) is 2.15. The Morgan fingerprint density at radius 3 is 2.44 bits per heavy atom. The summed E-state index contributed by atoms with van der Waals surface area (Å²) in [4.78, 5) is 18.6. The lowest BCUT2D eigenvalue weighted by molar-refractivity contribution is 0.155. The van der Waals surface area contributed by atoms with Crippen molar-refractivity contribution in [2.45, 2.75) is 6.42 Å². The lowest BCUT2D eigenvalue weighted by atomic mass is 10.1. The van der Waals surface area contributed by atoms with Crippen molar-refractivity contribution in [3.8, 4) is 0 Å². The van der Waals surface area contributed by atoms with Crippen LogP contribution in [-0.4, -0.2) is 55.7 Å². The van der Waals surface area contributed by atoms with Crippen LogP contribution >= 0.6 is 0 Å². The van der Waals surface area contributed by atoms with E-state index in [1.807, 2.05) is 24.3 Å². The predicted molar refractivity (Wildman–Crippen MR) is 71.9 cm³/mol. The van der Waals surface area contributed by atoms with E-state index in [9.17, 15) is 4.79 Å². The maximum atomic E-state index is 10.1. The molecular formula is C14H19N3O. The molecule has 1 aliphatic rings. The van der Waals surface area contributed by atoms with E-state index in [0.29, 0.717) is 5.69 Å². The first kappa shape index (κ1) is 13.0. The highest BCUT2D eigenvalue weighted by Gasteiger charge is 2.12. The van der Waals surface area contributed by atoms with Crippen molar-refractivity contribution in [1.82, 2.24) is 9.80 Å². The van der Waals surface area contributed by atoms with E-state index in [1.165, 1.54) is 5.56 Å². The number of piperazine rings is 1. The molecule has 0 bridgehead atoms. The Balaban J connectivity index is 1.81. The van der Waals surface area contributed by atoms with Crippen molar-refractivity contribution in [3.05, 3.63) is 29.8 Å². The molecule has 0 radical (unpaired) electrons. The number of carbonyl (C=O) groups excluding carboxylic acids is 1. The third-order valence-corrected chi connectivity index (χ3v) is 3.42. The van der Waals surface area contributed by atoms with Crippen molar-refractivity contribution in [3.63, 3.8) is 0 Å². The van der Waals surface area contributed by atoms with Crippen LogP contribution in [0.15, 0.2) is 29.3 Å². The highest BCUT2D eigenvalue weighted by Crippen LogP contribution is 2.13. The molecule has 0 unspecified atom stereocenters. The minimum atomic E-state index is 0.674. The van der Waals surface area contributed by atoms with Crippen LogP contribution in [0, 0.1) is 0 Å². The van der Waals surface area contributed by atoms with Gasteiger partial charge in [-0.25, -0.2) is 4.79 Å². The molecule has 96 valence electrons. The first-order chi connectivity index (χ1) is 8.78.